The van der Waals surface area contributed by atoms with Crippen LogP contribution in [0.3, 0.4) is 0 Å². The van der Waals surface area contributed by atoms with Crippen LogP contribution >= 0.6 is 0 Å². The van der Waals surface area contributed by atoms with Gasteiger partial charge in [0.05, 0.1) is 24.9 Å². The number of aromatic nitrogens is 2. The molecule has 7 nitrogen and oxygen atoms in total. The molecule has 1 amide bonds. The maximum atomic E-state index is 14.5. The maximum absolute atomic E-state index is 14.5. The molecule has 0 aliphatic carbocycles. The van der Waals surface area contributed by atoms with Gasteiger partial charge in [-0.3, -0.25) is 4.79 Å². The molecule has 2 aliphatic heterocycles. The Morgan fingerprint density at radius 3 is 2.61 bits per heavy atom. The lowest BCUT2D eigenvalue weighted by Gasteiger charge is -2.33. The Balaban J connectivity index is 1.48. The van der Waals surface area contributed by atoms with Gasteiger partial charge in [0.1, 0.15) is 11.6 Å². The third-order valence-corrected chi connectivity index (χ3v) is 6.78. The molecule has 0 unspecified atom stereocenters. The summed E-state index contributed by atoms with van der Waals surface area (Å²) in [5.41, 5.74) is 1.89. The molecule has 1 aromatic heterocycles. The highest BCUT2D eigenvalue weighted by Crippen LogP contribution is 2.34. The van der Waals surface area contributed by atoms with Crippen molar-refractivity contribution >= 4 is 11.9 Å². The van der Waals surface area contributed by atoms with Crippen molar-refractivity contribution in [1.29, 1.82) is 0 Å². The lowest BCUT2D eigenvalue weighted by Crippen LogP contribution is -2.38. The molecule has 1 fully saturated rings. The van der Waals surface area contributed by atoms with E-state index < -0.39 is 11.6 Å². The van der Waals surface area contributed by atoms with Gasteiger partial charge >= 0.3 is 0 Å². The molecule has 0 spiro atoms. The predicted octanol–water partition coefficient (Wildman–Crippen LogP) is 4.99. The first-order valence-electron chi connectivity index (χ1n) is 12.1. The number of carbonyl (C=O) groups excluding carboxylic acids is 1. The topological polar surface area (TPSA) is 67.8 Å². The molecule has 3 heterocycles. The van der Waals surface area contributed by atoms with E-state index in [1.54, 1.807) is 36.3 Å². The normalized spacial score (nSPS) is 16.0. The van der Waals surface area contributed by atoms with Crippen LogP contribution in [0.15, 0.2) is 42.5 Å². The first-order chi connectivity index (χ1) is 17.4. The SMILES string of the molecule is COc1cccc(C(=O)N2CCc3nc(N4CCC(C)CC4)nc(Oc4ccc(F)cc4F)c3C2)c1. The Hall–Kier alpha value is -3.75. The van der Waals surface area contributed by atoms with Crippen LogP contribution < -0.4 is 14.4 Å². The zero-order valence-corrected chi connectivity index (χ0v) is 20.3. The number of rotatable bonds is 5. The maximum Gasteiger partial charge on any atom is 0.254 e. The monoisotopic (exact) mass is 494 g/mol. The molecule has 3 aromatic rings. The van der Waals surface area contributed by atoms with Gasteiger partial charge in [0.25, 0.3) is 5.91 Å². The molecule has 0 atom stereocenters. The van der Waals surface area contributed by atoms with Crippen LogP contribution in [0.2, 0.25) is 0 Å². The first-order valence-corrected chi connectivity index (χ1v) is 12.1. The summed E-state index contributed by atoms with van der Waals surface area (Å²) < 4.78 is 39.1. The fourth-order valence-corrected chi connectivity index (χ4v) is 4.58. The van der Waals surface area contributed by atoms with Crippen molar-refractivity contribution < 1.29 is 23.0 Å². The van der Waals surface area contributed by atoms with E-state index in [0.29, 0.717) is 41.7 Å². The van der Waals surface area contributed by atoms with Gasteiger partial charge in [0.15, 0.2) is 11.6 Å². The summed E-state index contributed by atoms with van der Waals surface area (Å²) in [6.07, 6.45) is 2.57. The van der Waals surface area contributed by atoms with Gasteiger partial charge in [-0.05, 0) is 49.1 Å². The second-order valence-corrected chi connectivity index (χ2v) is 9.31. The van der Waals surface area contributed by atoms with Crippen molar-refractivity contribution in [2.24, 2.45) is 5.92 Å². The van der Waals surface area contributed by atoms with E-state index in [0.717, 1.165) is 43.8 Å². The number of piperidine rings is 1. The van der Waals surface area contributed by atoms with Crippen LogP contribution in [0.25, 0.3) is 0 Å². The summed E-state index contributed by atoms with van der Waals surface area (Å²) in [7, 11) is 1.55. The van der Waals surface area contributed by atoms with Gasteiger partial charge in [0, 0.05) is 37.7 Å². The van der Waals surface area contributed by atoms with Crippen LogP contribution in [0.4, 0.5) is 14.7 Å². The number of nitrogens with zero attached hydrogens (tertiary/aromatic N) is 4. The largest absolute Gasteiger partial charge is 0.497 e. The van der Waals surface area contributed by atoms with E-state index in [4.69, 9.17) is 14.5 Å². The molecule has 2 aliphatic rings. The van der Waals surface area contributed by atoms with Gasteiger partial charge in [0.2, 0.25) is 11.8 Å². The number of anilines is 1. The number of halogens is 2. The van der Waals surface area contributed by atoms with Crippen molar-refractivity contribution in [3.8, 4) is 17.4 Å². The Labute approximate surface area is 208 Å². The van der Waals surface area contributed by atoms with Gasteiger partial charge in [-0.1, -0.05) is 13.0 Å². The van der Waals surface area contributed by atoms with Crippen LogP contribution in [-0.2, 0) is 13.0 Å². The number of carbonyl (C=O) groups is 1. The highest BCUT2D eigenvalue weighted by molar-refractivity contribution is 5.94. The fraction of sp³-hybridized carbons (Fsp3) is 0.370. The smallest absolute Gasteiger partial charge is 0.254 e. The number of methoxy groups -OCH3 is 1. The summed E-state index contributed by atoms with van der Waals surface area (Å²) >= 11 is 0. The predicted molar refractivity (Wildman–Crippen MR) is 131 cm³/mol. The van der Waals surface area contributed by atoms with E-state index in [9.17, 15) is 13.6 Å². The molecule has 5 rings (SSSR count). The minimum atomic E-state index is -0.823. The zero-order valence-electron chi connectivity index (χ0n) is 20.3. The quantitative estimate of drug-likeness (QED) is 0.498. The molecule has 1 saturated heterocycles. The molecule has 9 heteroatoms. The minimum Gasteiger partial charge on any atom is -0.497 e. The molecular weight excluding hydrogens is 466 g/mol. The van der Waals surface area contributed by atoms with Crippen LogP contribution in [-0.4, -0.2) is 47.5 Å². The standard InChI is InChI=1S/C27H28F2N4O3/c1-17-8-11-32(12-9-17)27-30-23-10-13-33(26(34)18-4-3-5-20(14-18)35-2)16-21(23)25(31-27)36-24-7-6-19(28)15-22(24)29/h3-7,14-15,17H,8-13,16H2,1-2H3. The minimum absolute atomic E-state index is 0.133. The molecule has 0 N–H and O–H groups in total. The molecule has 0 bridgehead atoms. The van der Waals surface area contributed by atoms with Gasteiger partial charge in [-0.15, -0.1) is 0 Å². The molecular formula is C27H28F2N4O3. The summed E-state index contributed by atoms with van der Waals surface area (Å²) in [4.78, 5) is 26.5. The van der Waals surface area contributed by atoms with Crippen LogP contribution in [0.5, 0.6) is 17.4 Å². The lowest BCUT2D eigenvalue weighted by atomic mass is 9.99. The summed E-state index contributed by atoms with van der Waals surface area (Å²) in [5.74, 6) is 0.142. The Morgan fingerprint density at radius 1 is 1.06 bits per heavy atom. The third kappa shape index (κ3) is 4.96. The zero-order chi connectivity index (χ0) is 25.2. The first kappa shape index (κ1) is 24.0. The van der Waals surface area contributed by atoms with Crippen molar-refractivity contribution in [2.75, 3.05) is 31.6 Å². The highest BCUT2D eigenvalue weighted by Gasteiger charge is 2.29. The highest BCUT2D eigenvalue weighted by atomic mass is 19.1. The summed E-state index contributed by atoms with van der Waals surface area (Å²) in [5, 5.41) is 0. The third-order valence-electron chi connectivity index (χ3n) is 6.78. The molecule has 188 valence electrons. The Bertz CT molecular complexity index is 1280. The van der Waals surface area contributed by atoms with Crippen molar-refractivity contribution in [3.05, 3.63) is 70.9 Å². The summed E-state index contributed by atoms with van der Waals surface area (Å²) in [6.45, 7) is 4.56. The number of hydrogen-bond donors (Lipinski definition) is 0. The average molecular weight is 495 g/mol. The molecule has 0 saturated carbocycles. The van der Waals surface area contributed by atoms with Gasteiger partial charge in [-0.2, -0.15) is 4.98 Å². The summed E-state index contributed by atoms with van der Waals surface area (Å²) in [6, 6.07) is 10.1. The Morgan fingerprint density at radius 2 is 1.86 bits per heavy atom. The number of ether oxygens (including phenoxy) is 2. The molecule has 2 aromatic carbocycles. The average Bonchev–Trinajstić information content (AvgIpc) is 2.90. The number of hydrogen-bond acceptors (Lipinski definition) is 6. The van der Waals surface area contributed by atoms with E-state index in [2.05, 4.69) is 16.8 Å². The van der Waals surface area contributed by atoms with Crippen LogP contribution in [0.1, 0.15) is 41.4 Å². The van der Waals surface area contributed by atoms with E-state index in [1.165, 1.54) is 6.07 Å². The van der Waals surface area contributed by atoms with Gasteiger partial charge in [-0.25, -0.2) is 13.8 Å². The fourth-order valence-electron chi connectivity index (χ4n) is 4.58. The molecule has 36 heavy (non-hydrogen) atoms. The van der Waals surface area contributed by atoms with Crippen molar-refractivity contribution in [1.82, 2.24) is 14.9 Å². The second-order valence-electron chi connectivity index (χ2n) is 9.31. The molecule has 0 radical (unpaired) electrons. The number of amides is 1. The van der Waals surface area contributed by atoms with E-state index in [1.807, 2.05) is 0 Å². The second kappa shape index (κ2) is 10.1. The van der Waals surface area contributed by atoms with Crippen LogP contribution in [0, 0.1) is 17.6 Å². The van der Waals surface area contributed by atoms with E-state index in [-0.39, 0.29) is 24.1 Å². The van der Waals surface area contributed by atoms with E-state index >= 15 is 0 Å². The Kier molecular flexibility index (Phi) is 6.71. The van der Waals surface area contributed by atoms with Crippen molar-refractivity contribution in [2.45, 2.75) is 32.7 Å². The van der Waals surface area contributed by atoms with Gasteiger partial charge < -0.3 is 19.3 Å². The van der Waals surface area contributed by atoms with Crippen molar-refractivity contribution in [3.63, 3.8) is 0 Å². The lowest BCUT2D eigenvalue weighted by molar-refractivity contribution is 0.0731. The number of benzene rings is 2. The number of fused-ring (bicyclic) bond motifs is 1.